The van der Waals surface area contributed by atoms with E-state index in [1.165, 1.54) is 0 Å². The van der Waals surface area contributed by atoms with Crippen LogP contribution in [-0.2, 0) is 0 Å². The Bertz CT molecular complexity index is 856. The predicted molar refractivity (Wildman–Crippen MR) is 93.1 cm³/mol. The summed E-state index contributed by atoms with van der Waals surface area (Å²) in [7, 11) is 0. The molecule has 128 valence electrons. The van der Waals surface area contributed by atoms with Gasteiger partial charge in [-0.15, -0.1) is 0 Å². The molecule has 0 aromatic carbocycles. The Labute approximate surface area is 146 Å². The van der Waals surface area contributed by atoms with Crippen LogP contribution in [0.15, 0.2) is 53.7 Å². The van der Waals surface area contributed by atoms with Crippen LogP contribution in [0.3, 0.4) is 0 Å². The highest BCUT2D eigenvalue weighted by Crippen LogP contribution is 2.24. The third kappa shape index (κ3) is 3.07. The smallest absolute Gasteiger partial charge is 0.255 e. The molecule has 1 amide bonds. The molecule has 4 rings (SSSR count). The zero-order chi connectivity index (χ0) is 17.2. The summed E-state index contributed by atoms with van der Waals surface area (Å²) >= 11 is 0. The van der Waals surface area contributed by atoms with E-state index in [4.69, 9.17) is 4.42 Å². The number of aromatic nitrogens is 3. The number of amides is 1. The van der Waals surface area contributed by atoms with Crippen molar-refractivity contribution >= 4 is 5.91 Å². The van der Waals surface area contributed by atoms with Gasteiger partial charge in [-0.1, -0.05) is 0 Å². The van der Waals surface area contributed by atoms with Crippen molar-refractivity contribution in [1.82, 2.24) is 19.4 Å². The van der Waals surface area contributed by atoms with Crippen molar-refractivity contribution in [3.8, 4) is 11.5 Å². The predicted octanol–water partition coefficient (Wildman–Crippen LogP) is 3.32. The molecular weight excluding hydrogens is 316 g/mol. The number of carbonyl (C=O) groups excluding carboxylic acids is 1. The minimum Gasteiger partial charge on any atom is -0.463 e. The van der Waals surface area contributed by atoms with E-state index in [1.807, 2.05) is 48.6 Å². The first-order chi connectivity index (χ1) is 12.2. The van der Waals surface area contributed by atoms with Crippen LogP contribution in [0.2, 0.25) is 0 Å². The summed E-state index contributed by atoms with van der Waals surface area (Å²) in [5, 5.41) is 0. The molecule has 1 atom stereocenters. The minimum absolute atomic E-state index is 0.0424. The number of imidazole rings is 1. The second-order valence-electron chi connectivity index (χ2n) is 6.36. The highest BCUT2D eigenvalue weighted by atomic mass is 16.3. The molecule has 0 radical (unpaired) electrons. The van der Waals surface area contributed by atoms with E-state index in [2.05, 4.69) is 14.5 Å². The molecular formula is C19H20N4O2. The van der Waals surface area contributed by atoms with Crippen LogP contribution in [0.1, 0.15) is 34.9 Å². The van der Waals surface area contributed by atoms with Gasteiger partial charge in [-0.05, 0) is 44.0 Å². The van der Waals surface area contributed by atoms with E-state index in [-0.39, 0.29) is 11.9 Å². The van der Waals surface area contributed by atoms with Crippen molar-refractivity contribution in [3.05, 3.63) is 60.5 Å². The maximum Gasteiger partial charge on any atom is 0.255 e. The fraction of sp³-hybridized carbons (Fsp3) is 0.316. The molecule has 0 bridgehead atoms. The quantitative estimate of drug-likeness (QED) is 0.736. The number of likely N-dealkylation sites (tertiary alicyclic amines) is 1. The van der Waals surface area contributed by atoms with Gasteiger partial charge in [-0.3, -0.25) is 4.79 Å². The van der Waals surface area contributed by atoms with Crippen molar-refractivity contribution in [2.24, 2.45) is 0 Å². The van der Waals surface area contributed by atoms with Crippen molar-refractivity contribution in [1.29, 1.82) is 0 Å². The van der Waals surface area contributed by atoms with Gasteiger partial charge in [0.15, 0.2) is 5.76 Å². The Morgan fingerprint density at radius 3 is 2.96 bits per heavy atom. The molecule has 0 saturated carbocycles. The normalized spacial score (nSPS) is 17.6. The minimum atomic E-state index is 0.0424. The van der Waals surface area contributed by atoms with Crippen LogP contribution in [0.4, 0.5) is 0 Å². The standard InChI is InChI=1S/C19H20N4O2/c1-14-16(6-7-17(21-14)18-5-3-11-25-18)19(24)22-9-2-4-15(12-22)23-10-8-20-13-23/h3,5-8,10-11,13,15H,2,4,9,12H2,1H3/t15-/m1/s1. The van der Waals surface area contributed by atoms with Crippen LogP contribution < -0.4 is 0 Å². The third-order valence-corrected chi connectivity index (χ3v) is 4.72. The summed E-state index contributed by atoms with van der Waals surface area (Å²) < 4.78 is 7.47. The summed E-state index contributed by atoms with van der Waals surface area (Å²) in [5.41, 5.74) is 2.12. The van der Waals surface area contributed by atoms with E-state index in [1.54, 1.807) is 12.5 Å². The van der Waals surface area contributed by atoms with E-state index in [0.717, 1.165) is 30.8 Å². The van der Waals surface area contributed by atoms with Gasteiger partial charge < -0.3 is 13.9 Å². The number of nitrogens with zero attached hydrogens (tertiary/aromatic N) is 4. The number of aryl methyl sites for hydroxylation is 1. The van der Waals surface area contributed by atoms with Crippen molar-refractivity contribution < 1.29 is 9.21 Å². The average Bonchev–Trinajstić information content (AvgIpc) is 3.35. The van der Waals surface area contributed by atoms with Gasteiger partial charge in [0.1, 0.15) is 5.69 Å². The first kappa shape index (κ1) is 15.6. The summed E-state index contributed by atoms with van der Waals surface area (Å²) in [6.45, 7) is 3.36. The molecule has 3 aromatic heterocycles. The average molecular weight is 336 g/mol. The molecule has 6 nitrogen and oxygen atoms in total. The Kier molecular flexibility index (Phi) is 4.09. The lowest BCUT2D eigenvalue weighted by Gasteiger charge is -2.33. The molecule has 4 heterocycles. The summed E-state index contributed by atoms with van der Waals surface area (Å²) in [5.74, 6) is 0.751. The topological polar surface area (TPSA) is 64.2 Å². The lowest BCUT2D eigenvalue weighted by molar-refractivity contribution is 0.0678. The van der Waals surface area contributed by atoms with Crippen LogP contribution in [0.5, 0.6) is 0 Å². The Balaban J connectivity index is 1.54. The van der Waals surface area contributed by atoms with Crippen LogP contribution in [-0.4, -0.2) is 38.4 Å². The first-order valence-corrected chi connectivity index (χ1v) is 8.50. The van der Waals surface area contributed by atoms with Crippen LogP contribution in [0, 0.1) is 6.92 Å². The zero-order valence-electron chi connectivity index (χ0n) is 14.1. The number of rotatable bonds is 3. The number of piperidine rings is 1. The molecule has 1 saturated heterocycles. The highest BCUT2D eigenvalue weighted by molar-refractivity contribution is 5.95. The molecule has 1 aliphatic heterocycles. The van der Waals surface area contributed by atoms with E-state index in [0.29, 0.717) is 17.9 Å². The number of pyridine rings is 1. The molecule has 6 heteroatoms. The Morgan fingerprint density at radius 1 is 1.32 bits per heavy atom. The fourth-order valence-corrected chi connectivity index (χ4v) is 3.39. The molecule has 1 fully saturated rings. The second kappa shape index (κ2) is 6.55. The highest BCUT2D eigenvalue weighted by Gasteiger charge is 2.26. The summed E-state index contributed by atoms with van der Waals surface area (Å²) in [6.07, 6.45) is 9.24. The largest absolute Gasteiger partial charge is 0.463 e. The van der Waals surface area contributed by atoms with Gasteiger partial charge in [0.2, 0.25) is 0 Å². The zero-order valence-corrected chi connectivity index (χ0v) is 14.1. The maximum absolute atomic E-state index is 13.0. The van der Waals surface area contributed by atoms with Gasteiger partial charge in [0.25, 0.3) is 5.91 Å². The lowest BCUT2D eigenvalue weighted by Crippen LogP contribution is -2.40. The second-order valence-corrected chi connectivity index (χ2v) is 6.36. The molecule has 1 aliphatic rings. The summed E-state index contributed by atoms with van der Waals surface area (Å²) in [6, 6.07) is 7.68. The number of furan rings is 1. The van der Waals surface area contributed by atoms with Gasteiger partial charge in [-0.2, -0.15) is 0 Å². The van der Waals surface area contributed by atoms with E-state index < -0.39 is 0 Å². The third-order valence-electron chi connectivity index (χ3n) is 4.72. The number of hydrogen-bond acceptors (Lipinski definition) is 4. The maximum atomic E-state index is 13.0. The first-order valence-electron chi connectivity index (χ1n) is 8.50. The Hall–Kier alpha value is -2.89. The molecule has 25 heavy (non-hydrogen) atoms. The Morgan fingerprint density at radius 2 is 2.24 bits per heavy atom. The SMILES string of the molecule is Cc1nc(-c2ccco2)ccc1C(=O)N1CCC[C@@H](n2ccnc2)C1. The van der Waals surface area contributed by atoms with E-state index >= 15 is 0 Å². The molecule has 0 unspecified atom stereocenters. The molecule has 0 N–H and O–H groups in total. The molecule has 0 spiro atoms. The van der Waals surface area contributed by atoms with E-state index in [9.17, 15) is 4.79 Å². The van der Waals surface area contributed by atoms with Crippen molar-refractivity contribution in [3.63, 3.8) is 0 Å². The van der Waals surface area contributed by atoms with Gasteiger partial charge in [0, 0.05) is 25.5 Å². The van der Waals surface area contributed by atoms with Crippen molar-refractivity contribution in [2.75, 3.05) is 13.1 Å². The summed E-state index contributed by atoms with van der Waals surface area (Å²) in [4.78, 5) is 23.6. The van der Waals surface area contributed by atoms with Crippen molar-refractivity contribution in [2.45, 2.75) is 25.8 Å². The monoisotopic (exact) mass is 336 g/mol. The van der Waals surface area contributed by atoms with Crippen LogP contribution in [0.25, 0.3) is 11.5 Å². The number of carbonyl (C=O) groups is 1. The number of hydrogen-bond donors (Lipinski definition) is 0. The van der Waals surface area contributed by atoms with Gasteiger partial charge in [-0.25, -0.2) is 9.97 Å². The fourth-order valence-electron chi connectivity index (χ4n) is 3.39. The molecule has 3 aromatic rings. The molecule has 0 aliphatic carbocycles. The lowest BCUT2D eigenvalue weighted by atomic mass is 10.0. The van der Waals surface area contributed by atoms with Crippen LogP contribution >= 0.6 is 0 Å². The van der Waals surface area contributed by atoms with Gasteiger partial charge in [0.05, 0.1) is 29.9 Å². The van der Waals surface area contributed by atoms with Gasteiger partial charge >= 0.3 is 0 Å².